The first-order chi connectivity index (χ1) is 30.0. The lowest BCUT2D eigenvalue weighted by Crippen LogP contribution is -2.45. The third kappa shape index (κ3) is 47.7. The number of hydrogen-bond donors (Lipinski definition) is 3. The Balaban J connectivity index is 3.51. The Bertz CT molecular complexity index is 951. The normalized spacial score (nSPS) is 12.8. The zero-order valence-corrected chi connectivity index (χ0v) is 40.9. The molecule has 0 aromatic heterocycles. The summed E-state index contributed by atoms with van der Waals surface area (Å²) < 4.78 is 5.42. The lowest BCUT2D eigenvalue weighted by molar-refractivity contribution is -0.143. The molecule has 1 amide bonds. The number of carbonyl (C=O) groups is 2. The van der Waals surface area contributed by atoms with E-state index >= 15 is 0 Å². The van der Waals surface area contributed by atoms with E-state index in [0.29, 0.717) is 25.9 Å². The maximum absolute atomic E-state index is 12.5. The highest BCUT2D eigenvalue weighted by atomic mass is 16.5. The molecule has 6 heteroatoms. The van der Waals surface area contributed by atoms with Crippen molar-refractivity contribution in [3.8, 4) is 0 Å². The van der Waals surface area contributed by atoms with E-state index in [1.807, 2.05) is 0 Å². The van der Waals surface area contributed by atoms with Gasteiger partial charge in [0.2, 0.25) is 5.91 Å². The molecule has 0 spiro atoms. The first kappa shape index (κ1) is 59.3. The fourth-order valence-corrected chi connectivity index (χ4v) is 8.28. The number of esters is 1. The van der Waals surface area contributed by atoms with E-state index in [1.54, 1.807) is 0 Å². The number of nitrogens with one attached hydrogen (secondary N) is 1. The van der Waals surface area contributed by atoms with Crippen LogP contribution in [0.1, 0.15) is 290 Å². The number of carbonyl (C=O) groups excluding carboxylic acids is 2. The van der Waals surface area contributed by atoms with Crippen LogP contribution < -0.4 is 5.32 Å². The van der Waals surface area contributed by atoms with Gasteiger partial charge in [0.15, 0.2) is 0 Å². The average Bonchev–Trinajstić information content (AvgIpc) is 3.26. The molecule has 61 heavy (non-hydrogen) atoms. The molecular weight excluding hydrogens is 755 g/mol. The summed E-state index contributed by atoms with van der Waals surface area (Å²) in [6.07, 6.45) is 60.2. The second-order valence-corrected chi connectivity index (χ2v) is 18.6. The van der Waals surface area contributed by atoms with Gasteiger partial charge in [-0.3, -0.25) is 9.59 Å². The highest BCUT2D eigenvalue weighted by Gasteiger charge is 2.20. The number of ether oxygens (including phenoxy) is 1. The van der Waals surface area contributed by atoms with Gasteiger partial charge in [0, 0.05) is 12.8 Å². The largest absolute Gasteiger partial charge is 0.466 e. The molecule has 0 aromatic rings. The van der Waals surface area contributed by atoms with Crippen molar-refractivity contribution in [3.63, 3.8) is 0 Å². The van der Waals surface area contributed by atoms with Crippen LogP contribution in [0.15, 0.2) is 24.3 Å². The molecule has 360 valence electrons. The van der Waals surface area contributed by atoms with Crippen molar-refractivity contribution in [3.05, 3.63) is 24.3 Å². The van der Waals surface area contributed by atoms with E-state index in [4.69, 9.17) is 4.74 Å². The van der Waals surface area contributed by atoms with Gasteiger partial charge in [0.25, 0.3) is 0 Å². The second kappa shape index (κ2) is 51.0. The zero-order chi connectivity index (χ0) is 44.4. The monoisotopic (exact) mass is 860 g/mol. The van der Waals surface area contributed by atoms with Crippen LogP contribution in [0.2, 0.25) is 0 Å². The van der Waals surface area contributed by atoms with Crippen molar-refractivity contribution in [1.82, 2.24) is 5.32 Å². The Kier molecular flexibility index (Phi) is 49.6. The molecule has 0 heterocycles. The van der Waals surface area contributed by atoms with Crippen LogP contribution in [0.4, 0.5) is 0 Å². The Labute approximate surface area is 380 Å². The number of rotatable bonds is 50. The van der Waals surface area contributed by atoms with Gasteiger partial charge < -0.3 is 20.3 Å². The number of amides is 1. The molecule has 0 aliphatic heterocycles. The molecule has 0 aromatic carbocycles. The van der Waals surface area contributed by atoms with Gasteiger partial charge in [-0.1, -0.05) is 224 Å². The highest BCUT2D eigenvalue weighted by Crippen LogP contribution is 2.17. The SMILES string of the molecule is CCCCC/C=C\CCCCCCCC(=O)OCCCC/C=C\CCCCCCCC(=O)NC(CO)C(O)CCCCCCCCCCCCCCCCCCCCCCC. The summed E-state index contributed by atoms with van der Waals surface area (Å²) >= 11 is 0. The van der Waals surface area contributed by atoms with Gasteiger partial charge >= 0.3 is 5.97 Å². The maximum atomic E-state index is 12.5. The standard InChI is InChI=1S/C55H105NO5/c1-3-5-7-9-11-13-15-17-18-19-20-21-22-23-24-25-27-31-35-39-43-47-53(58)52(51-57)56-54(59)48-44-40-36-32-28-26-30-34-38-42-46-50-61-55(60)49-45-41-37-33-29-16-14-12-10-8-6-4-2/h12,14,30,34,52-53,57-58H,3-11,13,15-29,31-33,35-51H2,1-2H3,(H,56,59)/b14-12-,34-30-. The minimum absolute atomic E-state index is 0.0408. The molecule has 6 nitrogen and oxygen atoms in total. The van der Waals surface area contributed by atoms with E-state index in [1.165, 1.54) is 173 Å². The van der Waals surface area contributed by atoms with Crippen LogP contribution in [0.25, 0.3) is 0 Å². The topological polar surface area (TPSA) is 95.9 Å². The summed E-state index contributed by atoms with van der Waals surface area (Å²) in [5.41, 5.74) is 0. The number of allylic oxidation sites excluding steroid dienone is 4. The van der Waals surface area contributed by atoms with Crippen molar-refractivity contribution in [1.29, 1.82) is 0 Å². The van der Waals surface area contributed by atoms with Gasteiger partial charge in [-0.15, -0.1) is 0 Å². The van der Waals surface area contributed by atoms with Crippen LogP contribution in [0, 0.1) is 0 Å². The Morgan fingerprint density at radius 1 is 0.443 bits per heavy atom. The molecular formula is C55H105NO5. The van der Waals surface area contributed by atoms with Gasteiger partial charge in [-0.05, 0) is 77.0 Å². The molecule has 0 aliphatic carbocycles. The number of aliphatic hydroxyl groups is 2. The lowest BCUT2D eigenvalue weighted by atomic mass is 10.0. The van der Waals surface area contributed by atoms with E-state index < -0.39 is 12.1 Å². The van der Waals surface area contributed by atoms with Crippen molar-refractivity contribution in [2.45, 2.75) is 302 Å². The third-order valence-corrected chi connectivity index (χ3v) is 12.5. The third-order valence-electron chi connectivity index (χ3n) is 12.5. The summed E-state index contributed by atoms with van der Waals surface area (Å²) in [5, 5.41) is 23.3. The van der Waals surface area contributed by atoms with Crippen LogP contribution >= 0.6 is 0 Å². The smallest absolute Gasteiger partial charge is 0.305 e. The maximum Gasteiger partial charge on any atom is 0.305 e. The highest BCUT2D eigenvalue weighted by molar-refractivity contribution is 5.76. The molecule has 2 atom stereocenters. The first-order valence-electron chi connectivity index (χ1n) is 27.1. The summed E-state index contributed by atoms with van der Waals surface area (Å²) in [7, 11) is 0. The van der Waals surface area contributed by atoms with Crippen LogP contribution in [0.5, 0.6) is 0 Å². The van der Waals surface area contributed by atoms with Gasteiger partial charge in [-0.2, -0.15) is 0 Å². The minimum Gasteiger partial charge on any atom is -0.466 e. The van der Waals surface area contributed by atoms with Crippen molar-refractivity contribution >= 4 is 11.9 Å². The zero-order valence-electron chi connectivity index (χ0n) is 40.9. The Hall–Kier alpha value is -1.66. The predicted octanol–water partition coefficient (Wildman–Crippen LogP) is 16.3. The molecule has 2 unspecified atom stereocenters. The quantitative estimate of drug-likeness (QED) is 0.0322. The number of hydrogen-bond acceptors (Lipinski definition) is 5. The molecule has 3 N–H and O–H groups in total. The van der Waals surface area contributed by atoms with Crippen molar-refractivity contribution in [2.24, 2.45) is 0 Å². The van der Waals surface area contributed by atoms with Crippen LogP contribution in [0.3, 0.4) is 0 Å². The van der Waals surface area contributed by atoms with E-state index in [2.05, 4.69) is 43.5 Å². The molecule has 0 saturated heterocycles. The first-order valence-corrected chi connectivity index (χ1v) is 27.1. The molecule has 0 aliphatic rings. The second-order valence-electron chi connectivity index (χ2n) is 18.6. The van der Waals surface area contributed by atoms with Gasteiger partial charge in [0.1, 0.15) is 0 Å². The van der Waals surface area contributed by atoms with Gasteiger partial charge in [0.05, 0.1) is 25.4 Å². The average molecular weight is 860 g/mol. The minimum atomic E-state index is -0.683. The van der Waals surface area contributed by atoms with Crippen LogP contribution in [-0.2, 0) is 14.3 Å². The van der Waals surface area contributed by atoms with Crippen LogP contribution in [-0.4, -0.2) is 47.4 Å². The Morgan fingerprint density at radius 3 is 1.20 bits per heavy atom. The summed E-state index contributed by atoms with van der Waals surface area (Å²) in [6, 6.07) is -0.563. The summed E-state index contributed by atoms with van der Waals surface area (Å²) in [5.74, 6) is -0.103. The summed E-state index contributed by atoms with van der Waals surface area (Å²) in [6.45, 7) is 4.86. The van der Waals surface area contributed by atoms with Gasteiger partial charge in [-0.25, -0.2) is 0 Å². The molecule has 0 fully saturated rings. The predicted molar refractivity (Wildman–Crippen MR) is 264 cm³/mol. The lowest BCUT2D eigenvalue weighted by Gasteiger charge is -2.22. The van der Waals surface area contributed by atoms with Crippen molar-refractivity contribution < 1.29 is 24.5 Å². The van der Waals surface area contributed by atoms with Crippen molar-refractivity contribution in [2.75, 3.05) is 13.2 Å². The van der Waals surface area contributed by atoms with E-state index in [9.17, 15) is 19.8 Å². The molecule has 0 saturated carbocycles. The van der Waals surface area contributed by atoms with E-state index in [0.717, 1.165) is 83.5 Å². The fraction of sp³-hybridized carbons (Fsp3) is 0.891. The molecule has 0 radical (unpaired) electrons. The Morgan fingerprint density at radius 2 is 0.770 bits per heavy atom. The number of unbranched alkanes of at least 4 members (excludes halogenated alkanes) is 35. The fourth-order valence-electron chi connectivity index (χ4n) is 8.28. The summed E-state index contributed by atoms with van der Waals surface area (Å²) in [4.78, 5) is 24.5. The van der Waals surface area contributed by atoms with E-state index in [-0.39, 0.29) is 18.5 Å². The number of aliphatic hydroxyl groups excluding tert-OH is 2. The molecule has 0 bridgehead atoms. The molecule has 0 rings (SSSR count).